The Balaban J connectivity index is 1.22. The van der Waals surface area contributed by atoms with Gasteiger partial charge in [-0.05, 0) is 113 Å². The topological polar surface area (TPSA) is 227 Å². The van der Waals surface area contributed by atoms with Crippen molar-refractivity contribution in [1.82, 2.24) is 49.9 Å². The van der Waals surface area contributed by atoms with Crippen molar-refractivity contribution in [3.05, 3.63) is 41.2 Å². The van der Waals surface area contributed by atoms with E-state index in [2.05, 4.69) is 38.2 Å². The molecule has 0 unspecified atom stereocenters. The summed E-state index contributed by atoms with van der Waals surface area (Å²) in [6.07, 6.45) is 7.35. The SMILES string of the molecule is CC[C@H](C)[C@@H]([C@@H](CC(=O)N1CCC[C@H]1[C@H](OC)[C@@H](C)C(=O)N[C@H](CNS(=O)(=O)C1CC1)Cc1ccc(OC(=O)N2CCC(Cn3nnc(CSC)c3CSC)CC2)cc1)OC)N(C)C(=O)[C@@H](NC(=O)[C@H](C(C)C)N(C)C)C(C)C. The Hall–Kier alpha value is -4.00. The predicted molar refractivity (Wildman–Crippen MR) is 312 cm³/mol. The normalized spacial score (nSPS) is 19.4. The second-order valence-electron chi connectivity index (χ2n) is 22.9. The largest absolute Gasteiger partial charge is 0.415 e. The smallest absolute Gasteiger partial charge is 0.410 e. The summed E-state index contributed by atoms with van der Waals surface area (Å²) in [6, 6.07) is 4.19. The summed E-state index contributed by atoms with van der Waals surface area (Å²) < 4.78 is 48.9. The number of hydrogen-bond acceptors (Lipinski definition) is 15. The molecule has 1 saturated carbocycles. The number of nitrogens with one attached hydrogen (secondary N) is 3. The van der Waals surface area contributed by atoms with Gasteiger partial charge in [0.2, 0.25) is 33.7 Å². The number of carbonyl (C=O) groups is 5. The molecule has 0 spiro atoms. The number of amides is 5. The van der Waals surface area contributed by atoms with Gasteiger partial charge >= 0.3 is 6.09 Å². The van der Waals surface area contributed by atoms with Crippen LogP contribution in [0.25, 0.3) is 0 Å². The standard InChI is InChI=1S/C56H94N10O10S3/c1-15-37(6)51(63(10)55(70)49(35(2)3)59-54(69)50(36(4)5)62(8)9)47(74-11)30-48(67)65-26-16-17-45(65)52(75-12)38(7)53(68)58-41(31-57-79(72,73)43-22-23-43)29-39-18-20-42(21-19-39)76-56(71)64-27-24-40(25-28-64)32-66-46(34-78-14)44(33-77-13)60-61-66/h18-21,35-38,40-41,43,45,47,49-52,57H,15-17,22-34H2,1-14H3,(H,58,68)(H,59,69)/t37-,38+,41-,45-,47+,49-,50-,51-,52+/m0/s1. The first-order chi connectivity index (χ1) is 37.5. The number of benzene rings is 1. The zero-order valence-corrected chi connectivity index (χ0v) is 52.0. The van der Waals surface area contributed by atoms with E-state index in [1.54, 1.807) is 71.4 Å². The average Bonchev–Trinajstić information content (AvgIpc) is 4.11. The highest BCUT2D eigenvalue weighted by Gasteiger charge is 2.44. The zero-order chi connectivity index (χ0) is 58.3. The molecule has 79 heavy (non-hydrogen) atoms. The number of nitrogens with zero attached hydrogens (tertiary/aromatic N) is 7. The van der Waals surface area contributed by atoms with Crippen LogP contribution in [0, 0.1) is 29.6 Å². The average molecular weight is 1160 g/mol. The van der Waals surface area contributed by atoms with Gasteiger partial charge in [-0.2, -0.15) is 23.5 Å². The number of hydrogen-bond donors (Lipinski definition) is 3. The van der Waals surface area contributed by atoms with Crippen LogP contribution in [0.1, 0.15) is 117 Å². The zero-order valence-electron chi connectivity index (χ0n) is 49.6. The van der Waals surface area contributed by atoms with Crippen LogP contribution in [-0.2, 0) is 63.1 Å². The molecule has 446 valence electrons. The Kier molecular flexibility index (Phi) is 25.7. The van der Waals surface area contributed by atoms with E-state index in [0.29, 0.717) is 63.4 Å². The van der Waals surface area contributed by atoms with E-state index in [4.69, 9.17) is 14.2 Å². The molecule has 9 atom stereocenters. The lowest BCUT2D eigenvalue weighted by molar-refractivity contribution is -0.148. The van der Waals surface area contributed by atoms with Crippen molar-refractivity contribution < 1.29 is 46.6 Å². The van der Waals surface area contributed by atoms with Crippen LogP contribution in [0.2, 0.25) is 0 Å². The highest BCUT2D eigenvalue weighted by Crippen LogP contribution is 2.31. The number of rotatable bonds is 31. The molecule has 1 aliphatic carbocycles. The highest BCUT2D eigenvalue weighted by molar-refractivity contribution is 7.98. The quantitative estimate of drug-likeness (QED) is 0.0827. The predicted octanol–water partition coefficient (Wildman–Crippen LogP) is 5.67. The van der Waals surface area contributed by atoms with Gasteiger partial charge in [0.05, 0.1) is 59.3 Å². The number of carbonyl (C=O) groups excluding carboxylic acids is 5. The van der Waals surface area contributed by atoms with Gasteiger partial charge in [0.15, 0.2) is 0 Å². The molecular formula is C56H94N10O10S3. The van der Waals surface area contributed by atoms with Crippen LogP contribution in [0.5, 0.6) is 5.75 Å². The fourth-order valence-electron chi connectivity index (χ4n) is 11.4. The fraction of sp³-hybridized carbons (Fsp3) is 0.768. The number of sulfonamides is 1. The lowest BCUT2D eigenvalue weighted by Crippen LogP contribution is -2.59. The summed E-state index contributed by atoms with van der Waals surface area (Å²) >= 11 is 3.49. The van der Waals surface area contributed by atoms with E-state index >= 15 is 0 Å². The molecule has 0 radical (unpaired) electrons. The second-order valence-corrected chi connectivity index (χ2v) is 26.7. The molecular weight excluding hydrogens is 1070 g/mol. The highest BCUT2D eigenvalue weighted by atomic mass is 32.2. The molecule has 5 amide bonds. The Morgan fingerprint density at radius 1 is 0.835 bits per heavy atom. The minimum atomic E-state index is -3.59. The Morgan fingerprint density at radius 2 is 1.49 bits per heavy atom. The molecule has 3 fully saturated rings. The number of aromatic nitrogens is 3. The van der Waals surface area contributed by atoms with Gasteiger partial charge in [0.1, 0.15) is 11.8 Å². The third kappa shape index (κ3) is 18.0. The van der Waals surface area contributed by atoms with Gasteiger partial charge in [-0.15, -0.1) is 5.10 Å². The van der Waals surface area contributed by atoms with Gasteiger partial charge in [-0.1, -0.05) is 72.2 Å². The maximum absolute atomic E-state index is 14.6. The first-order valence-corrected chi connectivity index (χ1v) is 32.7. The minimum Gasteiger partial charge on any atom is -0.410 e. The van der Waals surface area contributed by atoms with Gasteiger partial charge in [-0.25, -0.2) is 22.6 Å². The van der Waals surface area contributed by atoms with E-state index in [0.717, 1.165) is 42.1 Å². The van der Waals surface area contributed by atoms with Crippen molar-refractivity contribution >= 4 is 63.3 Å². The summed E-state index contributed by atoms with van der Waals surface area (Å²) in [5.74, 6) is 0.349. The van der Waals surface area contributed by atoms with Crippen molar-refractivity contribution in [3.8, 4) is 5.75 Å². The fourth-order valence-corrected chi connectivity index (χ4v) is 13.9. The van der Waals surface area contributed by atoms with Gasteiger partial charge in [0, 0.05) is 71.5 Å². The van der Waals surface area contributed by atoms with E-state index in [9.17, 15) is 32.4 Å². The van der Waals surface area contributed by atoms with Crippen molar-refractivity contribution in [1.29, 1.82) is 0 Å². The van der Waals surface area contributed by atoms with Crippen molar-refractivity contribution in [2.45, 2.75) is 172 Å². The molecule has 20 nitrogen and oxygen atoms in total. The van der Waals surface area contributed by atoms with Crippen molar-refractivity contribution in [2.75, 3.05) is 74.1 Å². The molecule has 1 aromatic heterocycles. The summed E-state index contributed by atoms with van der Waals surface area (Å²) in [5, 5.41) is 14.6. The van der Waals surface area contributed by atoms with Gasteiger partial charge < -0.3 is 39.5 Å². The summed E-state index contributed by atoms with van der Waals surface area (Å²) in [5.41, 5.74) is 2.99. The lowest BCUT2D eigenvalue weighted by atomic mass is 9.89. The second kappa shape index (κ2) is 30.9. The number of piperidine rings is 1. The molecule has 23 heteroatoms. The van der Waals surface area contributed by atoms with E-state index < -0.39 is 69.7 Å². The first-order valence-electron chi connectivity index (χ1n) is 28.3. The number of thioether (sulfide) groups is 2. The first kappa shape index (κ1) is 65.8. The van der Waals surface area contributed by atoms with Crippen molar-refractivity contribution in [2.24, 2.45) is 29.6 Å². The Labute approximate surface area is 480 Å². The van der Waals surface area contributed by atoms with E-state index in [1.165, 1.54) is 12.8 Å². The number of likely N-dealkylation sites (N-methyl/N-ethyl adjacent to an activating group) is 2. The van der Waals surface area contributed by atoms with Crippen LogP contribution < -0.4 is 20.1 Å². The third-order valence-corrected chi connectivity index (χ3v) is 19.2. The van der Waals surface area contributed by atoms with Crippen LogP contribution in [0.15, 0.2) is 24.3 Å². The van der Waals surface area contributed by atoms with Crippen molar-refractivity contribution in [3.63, 3.8) is 0 Å². The molecule has 5 rings (SSSR count). The molecule has 3 heterocycles. The monoisotopic (exact) mass is 1160 g/mol. The van der Waals surface area contributed by atoms with Crippen LogP contribution in [0.4, 0.5) is 4.79 Å². The maximum atomic E-state index is 14.6. The number of methoxy groups -OCH3 is 2. The molecule has 3 aliphatic rings. The summed E-state index contributed by atoms with van der Waals surface area (Å²) in [4.78, 5) is 77.3. The Morgan fingerprint density at radius 3 is 2.05 bits per heavy atom. The number of ether oxygens (including phenoxy) is 3. The van der Waals surface area contributed by atoms with E-state index in [1.807, 2.05) is 77.4 Å². The molecule has 2 aromatic rings. The third-order valence-electron chi connectivity index (χ3n) is 16.2. The molecule has 3 N–H and O–H groups in total. The summed E-state index contributed by atoms with van der Waals surface area (Å²) in [7, 11) is 4.90. The Bertz CT molecular complexity index is 2390. The van der Waals surface area contributed by atoms with E-state index in [-0.39, 0.29) is 60.8 Å². The number of likely N-dealkylation sites (tertiary alicyclic amines) is 2. The van der Waals surface area contributed by atoms with Crippen LogP contribution >= 0.6 is 23.5 Å². The maximum Gasteiger partial charge on any atom is 0.415 e. The lowest BCUT2D eigenvalue weighted by Gasteiger charge is -2.41. The molecule has 1 aromatic carbocycles. The van der Waals surface area contributed by atoms with Crippen LogP contribution in [0.3, 0.4) is 0 Å². The minimum absolute atomic E-state index is 0.0148. The summed E-state index contributed by atoms with van der Waals surface area (Å²) in [6.45, 7) is 15.9. The molecule has 0 bridgehead atoms. The van der Waals surface area contributed by atoms with Crippen LogP contribution in [-0.4, -0.2) is 194 Å². The van der Waals surface area contributed by atoms with Gasteiger partial charge in [-0.3, -0.25) is 24.1 Å². The molecule has 2 aliphatic heterocycles. The van der Waals surface area contributed by atoms with Gasteiger partial charge in [0.25, 0.3) is 0 Å². The molecule has 2 saturated heterocycles.